The Labute approximate surface area is 163 Å². The van der Waals surface area contributed by atoms with Crippen molar-refractivity contribution in [3.05, 3.63) is 29.8 Å². The minimum atomic E-state index is -0.0203. The molecule has 1 aliphatic rings. The molecule has 6 heteroatoms. The first-order chi connectivity index (χ1) is 13.1. The highest BCUT2D eigenvalue weighted by atomic mass is 16.5. The van der Waals surface area contributed by atoms with E-state index >= 15 is 0 Å². The van der Waals surface area contributed by atoms with E-state index in [-0.39, 0.29) is 12.0 Å². The van der Waals surface area contributed by atoms with Crippen molar-refractivity contribution in [3.8, 4) is 5.75 Å². The molecule has 6 nitrogen and oxygen atoms in total. The van der Waals surface area contributed by atoms with Crippen molar-refractivity contribution in [2.45, 2.75) is 39.0 Å². The first-order valence-electron chi connectivity index (χ1n) is 9.97. The van der Waals surface area contributed by atoms with E-state index in [1.807, 2.05) is 12.1 Å². The van der Waals surface area contributed by atoms with Crippen molar-refractivity contribution in [2.24, 2.45) is 10.4 Å². The van der Waals surface area contributed by atoms with Crippen molar-refractivity contribution in [3.63, 3.8) is 0 Å². The highest BCUT2D eigenvalue weighted by Gasteiger charge is 2.34. The SMILES string of the molecule is CCNC(=NCC1(CCO)CCOC1)NCCC(C)c1ccc(OC)cc1. The minimum Gasteiger partial charge on any atom is -0.497 e. The molecule has 27 heavy (non-hydrogen) atoms. The van der Waals surface area contributed by atoms with Crippen LogP contribution in [0.25, 0.3) is 0 Å². The molecule has 1 aromatic rings. The summed E-state index contributed by atoms with van der Waals surface area (Å²) in [6.07, 6.45) is 2.72. The molecule has 1 aromatic carbocycles. The Morgan fingerprint density at radius 1 is 1.33 bits per heavy atom. The van der Waals surface area contributed by atoms with Crippen LogP contribution in [0.4, 0.5) is 0 Å². The molecule has 3 N–H and O–H groups in total. The topological polar surface area (TPSA) is 75.1 Å². The monoisotopic (exact) mass is 377 g/mol. The number of aliphatic imine (C=N–C) groups is 1. The van der Waals surface area contributed by atoms with E-state index in [2.05, 4.69) is 36.6 Å². The Morgan fingerprint density at radius 2 is 2.11 bits per heavy atom. The van der Waals surface area contributed by atoms with Crippen LogP contribution in [0.3, 0.4) is 0 Å². The molecule has 0 bridgehead atoms. The summed E-state index contributed by atoms with van der Waals surface area (Å²) in [5, 5.41) is 16.1. The number of hydrogen-bond donors (Lipinski definition) is 3. The van der Waals surface area contributed by atoms with Crippen LogP contribution in [-0.4, -0.2) is 57.6 Å². The Morgan fingerprint density at radius 3 is 2.70 bits per heavy atom. The maximum Gasteiger partial charge on any atom is 0.191 e. The Hall–Kier alpha value is -1.79. The van der Waals surface area contributed by atoms with Crippen LogP contribution in [0, 0.1) is 5.41 Å². The van der Waals surface area contributed by atoms with E-state index < -0.39 is 0 Å². The maximum absolute atomic E-state index is 9.36. The third kappa shape index (κ3) is 6.70. The molecule has 2 unspecified atom stereocenters. The lowest BCUT2D eigenvalue weighted by atomic mass is 9.84. The summed E-state index contributed by atoms with van der Waals surface area (Å²) in [6.45, 7) is 8.29. The summed E-state index contributed by atoms with van der Waals surface area (Å²) >= 11 is 0. The standard InChI is InChI=1S/C21H35N3O3/c1-4-22-20(24-15-21(10-13-25)11-14-27-16-21)23-12-9-17(2)18-5-7-19(26-3)8-6-18/h5-8,17,25H,4,9-16H2,1-3H3,(H2,22,23,24). The van der Waals surface area contributed by atoms with Crippen molar-refractivity contribution in [1.29, 1.82) is 0 Å². The van der Waals surface area contributed by atoms with Crippen molar-refractivity contribution in [1.82, 2.24) is 10.6 Å². The normalized spacial score (nSPS) is 21.1. The first-order valence-corrected chi connectivity index (χ1v) is 9.97. The van der Waals surface area contributed by atoms with E-state index in [1.54, 1.807) is 7.11 Å². The van der Waals surface area contributed by atoms with Gasteiger partial charge in [0.05, 0.1) is 20.3 Å². The molecular formula is C21H35N3O3. The summed E-state index contributed by atoms with van der Waals surface area (Å²) in [5.74, 6) is 2.18. The van der Waals surface area contributed by atoms with Crippen LogP contribution in [-0.2, 0) is 4.74 Å². The summed E-state index contributed by atoms with van der Waals surface area (Å²) in [5.41, 5.74) is 1.29. The molecule has 1 fully saturated rings. The van der Waals surface area contributed by atoms with Crippen molar-refractivity contribution >= 4 is 5.96 Å². The van der Waals surface area contributed by atoms with E-state index in [0.29, 0.717) is 19.1 Å². The zero-order chi connectivity index (χ0) is 19.5. The molecule has 152 valence electrons. The summed E-state index contributed by atoms with van der Waals surface area (Å²) in [6, 6.07) is 8.27. The number of nitrogens with zero attached hydrogens (tertiary/aromatic N) is 1. The Balaban J connectivity index is 1.85. The van der Waals surface area contributed by atoms with Crippen LogP contribution in [0.5, 0.6) is 5.75 Å². The lowest BCUT2D eigenvalue weighted by Crippen LogP contribution is -2.39. The average molecular weight is 378 g/mol. The van der Waals surface area contributed by atoms with Gasteiger partial charge in [-0.05, 0) is 49.8 Å². The van der Waals surface area contributed by atoms with Crippen LogP contribution in [0.2, 0.25) is 0 Å². The number of nitrogens with one attached hydrogen (secondary N) is 2. The van der Waals surface area contributed by atoms with Gasteiger partial charge in [-0.3, -0.25) is 4.99 Å². The molecule has 1 heterocycles. The second-order valence-electron chi connectivity index (χ2n) is 7.36. The molecule has 0 amide bonds. The number of aliphatic hydroxyl groups excluding tert-OH is 1. The van der Waals surface area contributed by atoms with Crippen molar-refractivity contribution in [2.75, 3.05) is 46.6 Å². The summed E-state index contributed by atoms with van der Waals surface area (Å²) < 4.78 is 10.8. The van der Waals surface area contributed by atoms with E-state index in [4.69, 9.17) is 14.5 Å². The molecule has 0 radical (unpaired) electrons. The second-order valence-corrected chi connectivity index (χ2v) is 7.36. The van der Waals surface area contributed by atoms with Crippen LogP contribution >= 0.6 is 0 Å². The molecular weight excluding hydrogens is 342 g/mol. The number of methoxy groups -OCH3 is 1. The number of hydrogen-bond acceptors (Lipinski definition) is 4. The number of guanidine groups is 1. The largest absolute Gasteiger partial charge is 0.497 e. The molecule has 1 aliphatic heterocycles. The third-order valence-corrected chi connectivity index (χ3v) is 5.30. The van der Waals surface area contributed by atoms with Crippen LogP contribution in [0.15, 0.2) is 29.3 Å². The van der Waals surface area contributed by atoms with Gasteiger partial charge in [0.1, 0.15) is 5.75 Å². The number of ether oxygens (including phenoxy) is 2. The fourth-order valence-corrected chi connectivity index (χ4v) is 3.38. The van der Waals surface area contributed by atoms with E-state index in [1.165, 1.54) is 5.56 Å². The van der Waals surface area contributed by atoms with Gasteiger partial charge in [-0.2, -0.15) is 0 Å². The highest BCUT2D eigenvalue weighted by molar-refractivity contribution is 5.79. The van der Waals surface area contributed by atoms with Crippen LogP contribution < -0.4 is 15.4 Å². The fraction of sp³-hybridized carbons (Fsp3) is 0.667. The molecule has 1 saturated heterocycles. The lowest BCUT2D eigenvalue weighted by Gasteiger charge is -2.25. The maximum atomic E-state index is 9.36. The summed E-state index contributed by atoms with van der Waals surface area (Å²) in [7, 11) is 1.69. The van der Waals surface area contributed by atoms with Gasteiger partial charge in [0.15, 0.2) is 5.96 Å². The van der Waals surface area contributed by atoms with Gasteiger partial charge in [-0.15, -0.1) is 0 Å². The highest BCUT2D eigenvalue weighted by Crippen LogP contribution is 2.32. The quantitative estimate of drug-likeness (QED) is 0.432. The van der Waals surface area contributed by atoms with Gasteiger partial charge in [0, 0.05) is 31.7 Å². The average Bonchev–Trinajstić information content (AvgIpc) is 3.15. The smallest absolute Gasteiger partial charge is 0.191 e. The Kier molecular flexibility index (Phi) is 8.88. The third-order valence-electron chi connectivity index (χ3n) is 5.30. The number of rotatable bonds is 10. The predicted octanol–water partition coefficient (Wildman–Crippen LogP) is 2.53. The Bertz CT molecular complexity index is 569. The summed E-state index contributed by atoms with van der Waals surface area (Å²) in [4.78, 5) is 4.77. The molecule has 0 aliphatic carbocycles. The fourth-order valence-electron chi connectivity index (χ4n) is 3.38. The molecule has 0 saturated carbocycles. The van der Waals surface area contributed by atoms with Gasteiger partial charge in [-0.25, -0.2) is 0 Å². The van der Waals surface area contributed by atoms with E-state index in [9.17, 15) is 5.11 Å². The van der Waals surface area contributed by atoms with E-state index in [0.717, 1.165) is 50.7 Å². The van der Waals surface area contributed by atoms with Gasteiger partial charge in [0.2, 0.25) is 0 Å². The van der Waals surface area contributed by atoms with Crippen LogP contribution in [0.1, 0.15) is 44.6 Å². The number of aliphatic hydroxyl groups is 1. The minimum absolute atomic E-state index is 0.0203. The molecule has 2 rings (SSSR count). The first kappa shape index (κ1) is 21.5. The number of benzene rings is 1. The van der Waals surface area contributed by atoms with Gasteiger partial charge >= 0.3 is 0 Å². The zero-order valence-corrected chi connectivity index (χ0v) is 17.0. The lowest BCUT2D eigenvalue weighted by molar-refractivity contribution is 0.131. The molecule has 0 spiro atoms. The molecule has 0 aromatic heterocycles. The second kappa shape index (κ2) is 11.1. The zero-order valence-electron chi connectivity index (χ0n) is 17.0. The predicted molar refractivity (Wildman–Crippen MR) is 110 cm³/mol. The van der Waals surface area contributed by atoms with Gasteiger partial charge in [-0.1, -0.05) is 19.1 Å². The van der Waals surface area contributed by atoms with Gasteiger partial charge < -0.3 is 25.2 Å². The van der Waals surface area contributed by atoms with Crippen molar-refractivity contribution < 1.29 is 14.6 Å². The van der Waals surface area contributed by atoms with Gasteiger partial charge in [0.25, 0.3) is 0 Å². The molecule has 2 atom stereocenters.